The highest BCUT2D eigenvalue weighted by Gasteiger charge is 2.36. The van der Waals surface area contributed by atoms with E-state index in [0.29, 0.717) is 24.7 Å². The fourth-order valence-corrected chi connectivity index (χ4v) is 3.14. The summed E-state index contributed by atoms with van der Waals surface area (Å²) in [5.74, 6) is 0. The molecule has 3 heteroatoms. The summed E-state index contributed by atoms with van der Waals surface area (Å²) in [6.45, 7) is 1.39. The molecule has 0 radical (unpaired) electrons. The molecule has 2 heterocycles. The van der Waals surface area contributed by atoms with Gasteiger partial charge < -0.3 is 10.8 Å². The molecule has 2 aliphatic heterocycles. The molecule has 0 amide bonds. The average Bonchev–Trinajstić information content (AvgIpc) is 2.14. The number of nitrogens with two attached hydrogens (primary N) is 1. The zero-order valence-electron chi connectivity index (χ0n) is 8.86. The molecule has 2 unspecified atom stereocenters. The van der Waals surface area contributed by atoms with Gasteiger partial charge in [0.1, 0.15) is 0 Å². The van der Waals surface area contributed by atoms with Crippen molar-refractivity contribution in [2.45, 2.75) is 56.7 Å². The summed E-state index contributed by atoms with van der Waals surface area (Å²) in [6.07, 6.45) is 7.26. The molecule has 82 valence electrons. The zero-order valence-corrected chi connectivity index (χ0v) is 8.86. The normalized spacial score (nSPS) is 38.6. The molecule has 0 aromatic carbocycles. The molecule has 3 N–H and O–H groups in total. The molecule has 2 atom stereocenters. The van der Waals surface area contributed by atoms with Crippen LogP contribution in [0.4, 0.5) is 0 Å². The van der Waals surface area contributed by atoms with Crippen molar-refractivity contribution in [2.75, 3.05) is 13.2 Å². The number of fused-ring (bicyclic) bond motifs is 2. The van der Waals surface area contributed by atoms with E-state index in [0.717, 1.165) is 13.0 Å². The third-order valence-electron chi connectivity index (χ3n) is 3.74. The Morgan fingerprint density at radius 1 is 1.21 bits per heavy atom. The first-order chi connectivity index (χ1) is 6.81. The summed E-state index contributed by atoms with van der Waals surface area (Å²) < 4.78 is 0. The second-order valence-corrected chi connectivity index (χ2v) is 4.79. The van der Waals surface area contributed by atoms with Crippen LogP contribution >= 0.6 is 0 Å². The number of hydrogen-bond donors (Lipinski definition) is 2. The van der Waals surface area contributed by atoms with Crippen LogP contribution in [0.5, 0.6) is 0 Å². The lowest BCUT2D eigenvalue weighted by Crippen LogP contribution is -2.55. The van der Waals surface area contributed by atoms with Gasteiger partial charge in [0, 0.05) is 31.3 Å². The first-order valence-corrected chi connectivity index (χ1v) is 5.93. The average molecular weight is 198 g/mol. The van der Waals surface area contributed by atoms with Crippen LogP contribution in [0.1, 0.15) is 38.5 Å². The molecule has 0 aromatic heterocycles. The van der Waals surface area contributed by atoms with Crippen LogP contribution in [0.2, 0.25) is 0 Å². The van der Waals surface area contributed by atoms with Gasteiger partial charge in [-0.15, -0.1) is 0 Å². The molecule has 0 saturated carbocycles. The maximum atomic E-state index is 8.86. The van der Waals surface area contributed by atoms with Gasteiger partial charge in [-0.2, -0.15) is 0 Å². The molecule has 0 aliphatic carbocycles. The maximum Gasteiger partial charge on any atom is 0.0443 e. The molecule has 2 fully saturated rings. The summed E-state index contributed by atoms with van der Waals surface area (Å²) in [6, 6.07) is 1.85. The van der Waals surface area contributed by atoms with Gasteiger partial charge in [-0.3, -0.25) is 4.90 Å². The molecular weight excluding hydrogens is 176 g/mol. The Morgan fingerprint density at radius 3 is 2.43 bits per heavy atom. The minimum absolute atomic E-state index is 0.321. The van der Waals surface area contributed by atoms with E-state index in [1.807, 2.05) is 0 Å². The van der Waals surface area contributed by atoms with E-state index in [2.05, 4.69) is 4.90 Å². The highest BCUT2D eigenvalue weighted by molar-refractivity contribution is 4.93. The summed E-state index contributed by atoms with van der Waals surface area (Å²) in [7, 11) is 0. The summed E-state index contributed by atoms with van der Waals surface area (Å²) in [5, 5.41) is 8.86. The minimum atomic E-state index is 0.321. The Hall–Kier alpha value is -0.120. The highest BCUT2D eigenvalue weighted by atomic mass is 16.3. The number of aliphatic hydroxyl groups excluding tert-OH is 1. The Morgan fingerprint density at radius 2 is 1.86 bits per heavy atom. The lowest BCUT2D eigenvalue weighted by molar-refractivity contribution is 0.0271. The van der Waals surface area contributed by atoms with Crippen LogP contribution in [0.15, 0.2) is 0 Å². The van der Waals surface area contributed by atoms with Crippen molar-refractivity contribution in [3.8, 4) is 0 Å². The predicted molar refractivity (Wildman–Crippen MR) is 57.0 cm³/mol. The quantitative estimate of drug-likeness (QED) is 0.702. The van der Waals surface area contributed by atoms with Crippen molar-refractivity contribution < 1.29 is 5.11 Å². The molecule has 2 bridgehead atoms. The minimum Gasteiger partial charge on any atom is -0.396 e. The van der Waals surface area contributed by atoms with Crippen molar-refractivity contribution >= 4 is 0 Å². The monoisotopic (exact) mass is 198 g/mol. The number of nitrogens with zero attached hydrogens (tertiary/aromatic N) is 1. The van der Waals surface area contributed by atoms with Gasteiger partial charge in [-0.05, 0) is 32.1 Å². The lowest BCUT2D eigenvalue weighted by atomic mass is 9.82. The van der Waals surface area contributed by atoms with Crippen LogP contribution in [-0.4, -0.2) is 41.3 Å². The van der Waals surface area contributed by atoms with E-state index in [1.165, 1.54) is 32.1 Å². The van der Waals surface area contributed by atoms with Gasteiger partial charge in [-0.25, -0.2) is 0 Å². The van der Waals surface area contributed by atoms with E-state index in [4.69, 9.17) is 10.8 Å². The molecular formula is C11H22N2O. The zero-order chi connectivity index (χ0) is 9.97. The largest absolute Gasteiger partial charge is 0.396 e. The second-order valence-electron chi connectivity index (χ2n) is 4.79. The van der Waals surface area contributed by atoms with E-state index < -0.39 is 0 Å². The van der Waals surface area contributed by atoms with E-state index in [-0.39, 0.29) is 0 Å². The third-order valence-corrected chi connectivity index (χ3v) is 3.74. The molecule has 2 rings (SSSR count). The fraction of sp³-hybridized carbons (Fsp3) is 1.00. The van der Waals surface area contributed by atoms with Crippen molar-refractivity contribution in [3.05, 3.63) is 0 Å². The summed E-state index contributed by atoms with van der Waals surface area (Å²) in [4.78, 5) is 2.60. The third kappa shape index (κ3) is 2.10. The van der Waals surface area contributed by atoms with Crippen LogP contribution in [0, 0.1) is 0 Å². The number of hydrogen-bond acceptors (Lipinski definition) is 3. The van der Waals surface area contributed by atoms with E-state index in [9.17, 15) is 0 Å². The molecule has 2 aliphatic rings. The Kier molecular flexibility index (Phi) is 3.42. The first-order valence-electron chi connectivity index (χ1n) is 5.93. The smallest absolute Gasteiger partial charge is 0.0443 e. The fourth-order valence-electron chi connectivity index (χ4n) is 3.14. The van der Waals surface area contributed by atoms with Crippen molar-refractivity contribution in [3.63, 3.8) is 0 Å². The van der Waals surface area contributed by atoms with Crippen LogP contribution in [-0.2, 0) is 0 Å². The van der Waals surface area contributed by atoms with Crippen molar-refractivity contribution in [1.29, 1.82) is 0 Å². The highest BCUT2D eigenvalue weighted by Crippen LogP contribution is 2.33. The van der Waals surface area contributed by atoms with Gasteiger partial charge >= 0.3 is 0 Å². The van der Waals surface area contributed by atoms with Gasteiger partial charge in [0.25, 0.3) is 0 Å². The molecule has 2 saturated heterocycles. The van der Waals surface area contributed by atoms with Crippen LogP contribution in [0.25, 0.3) is 0 Å². The SMILES string of the molecule is NC1CC2CCCC(C1)N2CCCO. The molecule has 3 nitrogen and oxygen atoms in total. The van der Waals surface area contributed by atoms with Gasteiger partial charge in [0.2, 0.25) is 0 Å². The number of piperidine rings is 2. The van der Waals surface area contributed by atoms with Crippen LogP contribution in [0.3, 0.4) is 0 Å². The number of rotatable bonds is 3. The first kappa shape index (κ1) is 10.4. The van der Waals surface area contributed by atoms with Gasteiger partial charge in [0.15, 0.2) is 0 Å². The Balaban J connectivity index is 1.94. The molecule has 0 aromatic rings. The summed E-state index contributed by atoms with van der Waals surface area (Å²) >= 11 is 0. The number of aliphatic hydroxyl groups is 1. The molecule has 0 spiro atoms. The standard InChI is InChI=1S/C11H22N2O/c12-9-7-10-3-1-4-11(8-9)13(10)5-2-6-14/h9-11,14H,1-8,12H2. The van der Waals surface area contributed by atoms with E-state index in [1.54, 1.807) is 0 Å². The van der Waals surface area contributed by atoms with Gasteiger partial charge in [-0.1, -0.05) is 6.42 Å². The van der Waals surface area contributed by atoms with Crippen LogP contribution < -0.4 is 5.73 Å². The van der Waals surface area contributed by atoms with Crippen molar-refractivity contribution in [1.82, 2.24) is 4.90 Å². The second kappa shape index (κ2) is 4.60. The van der Waals surface area contributed by atoms with E-state index >= 15 is 0 Å². The Bertz CT molecular complexity index is 172. The maximum absolute atomic E-state index is 8.86. The predicted octanol–water partition coefficient (Wildman–Crippen LogP) is 0.713. The Labute approximate surface area is 86.3 Å². The summed E-state index contributed by atoms with van der Waals surface area (Å²) in [5.41, 5.74) is 6.04. The molecule has 14 heavy (non-hydrogen) atoms. The topological polar surface area (TPSA) is 49.5 Å². The lowest BCUT2D eigenvalue weighted by Gasteiger charge is -2.48. The van der Waals surface area contributed by atoms with Gasteiger partial charge in [0.05, 0.1) is 0 Å². The van der Waals surface area contributed by atoms with Crippen molar-refractivity contribution in [2.24, 2.45) is 5.73 Å².